The van der Waals surface area contributed by atoms with Gasteiger partial charge in [-0.1, -0.05) is 23.7 Å². The molecule has 2 heterocycles. The Bertz CT molecular complexity index is 683. The van der Waals surface area contributed by atoms with Crippen LogP contribution in [0, 0.1) is 0 Å². The molecule has 2 aromatic rings. The van der Waals surface area contributed by atoms with Gasteiger partial charge in [0.05, 0.1) is 16.3 Å². The Labute approximate surface area is 140 Å². The molecule has 0 bridgehead atoms. The molecule has 1 N–H and O–H groups in total. The highest BCUT2D eigenvalue weighted by atomic mass is 35.5. The molecule has 1 fully saturated rings. The number of amides is 1. The smallest absolute Gasteiger partial charge is 0.258 e. The minimum absolute atomic E-state index is 0.275. The van der Waals surface area contributed by atoms with E-state index in [0.717, 1.165) is 26.2 Å². The molecule has 3 rings (SSSR count). The zero-order valence-corrected chi connectivity index (χ0v) is 13.6. The van der Waals surface area contributed by atoms with Gasteiger partial charge in [-0.25, -0.2) is 9.97 Å². The van der Waals surface area contributed by atoms with Gasteiger partial charge in [0.25, 0.3) is 5.91 Å². The van der Waals surface area contributed by atoms with Crippen LogP contribution in [-0.4, -0.2) is 54.0 Å². The topological polar surface area (TPSA) is 61.4 Å². The second kappa shape index (κ2) is 6.93. The van der Waals surface area contributed by atoms with Gasteiger partial charge < -0.3 is 15.1 Å². The van der Waals surface area contributed by atoms with Gasteiger partial charge in [0.1, 0.15) is 0 Å². The first kappa shape index (κ1) is 15.7. The summed E-state index contributed by atoms with van der Waals surface area (Å²) in [4.78, 5) is 25.2. The molecular weight excluding hydrogens is 314 g/mol. The Balaban J connectivity index is 1.67. The molecule has 0 aliphatic carbocycles. The lowest BCUT2D eigenvalue weighted by Crippen LogP contribution is -2.45. The first-order chi connectivity index (χ1) is 11.1. The Morgan fingerprint density at radius 1 is 1.13 bits per heavy atom. The number of rotatable bonds is 3. The van der Waals surface area contributed by atoms with E-state index in [0.29, 0.717) is 22.2 Å². The highest BCUT2D eigenvalue weighted by molar-refractivity contribution is 6.33. The Morgan fingerprint density at radius 2 is 1.78 bits per heavy atom. The fourth-order valence-corrected chi connectivity index (χ4v) is 2.55. The van der Waals surface area contributed by atoms with Gasteiger partial charge in [0.2, 0.25) is 5.95 Å². The highest BCUT2D eigenvalue weighted by Gasteiger charge is 2.17. The van der Waals surface area contributed by atoms with Gasteiger partial charge in [0.15, 0.2) is 0 Å². The van der Waals surface area contributed by atoms with Crippen LogP contribution >= 0.6 is 11.6 Å². The fraction of sp³-hybridized carbons (Fsp3) is 0.312. The van der Waals surface area contributed by atoms with Crippen molar-refractivity contribution >= 4 is 29.1 Å². The number of anilines is 2. The average molecular weight is 332 g/mol. The Kier molecular flexibility index (Phi) is 4.73. The van der Waals surface area contributed by atoms with Gasteiger partial charge in [-0.15, -0.1) is 0 Å². The van der Waals surface area contributed by atoms with Crippen molar-refractivity contribution in [3.05, 3.63) is 47.2 Å². The highest BCUT2D eigenvalue weighted by Crippen LogP contribution is 2.21. The predicted octanol–water partition coefficient (Wildman–Crippen LogP) is 2.13. The Hall–Kier alpha value is -2.18. The summed E-state index contributed by atoms with van der Waals surface area (Å²) in [6.45, 7) is 3.75. The summed E-state index contributed by atoms with van der Waals surface area (Å²) < 4.78 is 0. The van der Waals surface area contributed by atoms with Crippen LogP contribution in [0.1, 0.15) is 10.4 Å². The van der Waals surface area contributed by atoms with Crippen LogP contribution in [0.2, 0.25) is 5.02 Å². The normalized spacial score (nSPS) is 15.5. The second-order valence-electron chi connectivity index (χ2n) is 5.50. The quantitative estimate of drug-likeness (QED) is 0.933. The van der Waals surface area contributed by atoms with Gasteiger partial charge in [0, 0.05) is 38.6 Å². The van der Waals surface area contributed by atoms with Gasteiger partial charge in [-0.3, -0.25) is 4.79 Å². The molecule has 23 heavy (non-hydrogen) atoms. The van der Waals surface area contributed by atoms with Crippen molar-refractivity contribution in [2.24, 2.45) is 0 Å². The number of para-hydroxylation sites is 1. The summed E-state index contributed by atoms with van der Waals surface area (Å²) in [5.74, 6) is 0.385. The van der Waals surface area contributed by atoms with Crippen molar-refractivity contribution in [3.8, 4) is 0 Å². The van der Waals surface area contributed by atoms with Crippen LogP contribution in [0.5, 0.6) is 0 Å². The molecule has 6 nitrogen and oxygen atoms in total. The largest absolute Gasteiger partial charge is 0.338 e. The number of aromatic nitrogens is 2. The minimum atomic E-state index is -0.275. The number of halogens is 1. The van der Waals surface area contributed by atoms with Crippen LogP contribution in [0.4, 0.5) is 11.6 Å². The average Bonchev–Trinajstić information content (AvgIpc) is 2.58. The van der Waals surface area contributed by atoms with Crippen LogP contribution in [0.25, 0.3) is 0 Å². The lowest BCUT2D eigenvalue weighted by atomic mass is 10.2. The summed E-state index contributed by atoms with van der Waals surface area (Å²) in [7, 11) is 2.10. The van der Waals surface area contributed by atoms with E-state index in [1.54, 1.807) is 24.5 Å². The maximum absolute atomic E-state index is 12.2. The number of carbonyl (C=O) groups is 1. The minimum Gasteiger partial charge on any atom is -0.338 e. The van der Waals surface area contributed by atoms with E-state index < -0.39 is 0 Å². The number of likely N-dealkylation sites (N-methyl/N-ethyl adjacent to an activating group) is 1. The lowest BCUT2D eigenvalue weighted by Gasteiger charge is -2.32. The molecule has 0 saturated carbocycles. The monoisotopic (exact) mass is 331 g/mol. The summed E-state index contributed by atoms with van der Waals surface area (Å²) in [5, 5.41) is 3.26. The molecule has 1 saturated heterocycles. The molecule has 7 heteroatoms. The van der Waals surface area contributed by atoms with Crippen molar-refractivity contribution in [2.45, 2.75) is 0 Å². The first-order valence-corrected chi connectivity index (χ1v) is 7.83. The number of piperazine rings is 1. The third kappa shape index (κ3) is 3.78. The van der Waals surface area contributed by atoms with E-state index in [4.69, 9.17) is 11.6 Å². The predicted molar refractivity (Wildman–Crippen MR) is 91.1 cm³/mol. The van der Waals surface area contributed by atoms with E-state index in [-0.39, 0.29) is 5.91 Å². The van der Waals surface area contributed by atoms with Crippen molar-refractivity contribution in [2.75, 3.05) is 43.4 Å². The summed E-state index contributed by atoms with van der Waals surface area (Å²) in [5.41, 5.74) is 0.977. The van der Waals surface area contributed by atoms with Crippen LogP contribution in [0.3, 0.4) is 0 Å². The second-order valence-corrected chi connectivity index (χ2v) is 5.90. The molecule has 1 aliphatic heterocycles. The molecule has 1 aliphatic rings. The molecule has 0 unspecified atom stereocenters. The SMILES string of the molecule is CN1CCN(c2ncc(C(=O)Nc3ccccc3Cl)cn2)CC1. The van der Waals surface area contributed by atoms with Crippen LogP contribution in [-0.2, 0) is 0 Å². The fourth-order valence-electron chi connectivity index (χ4n) is 2.37. The van der Waals surface area contributed by atoms with Crippen LogP contribution < -0.4 is 10.2 Å². The third-order valence-electron chi connectivity index (χ3n) is 3.81. The van der Waals surface area contributed by atoms with E-state index in [2.05, 4.69) is 32.1 Å². The molecule has 0 atom stereocenters. The van der Waals surface area contributed by atoms with Crippen molar-refractivity contribution in [1.82, 2.24) is 14.9 Å². The number of hydrogen-bond acceptors (Lipinski definition) is 5. The Morgan fingerprint density at radius 3 is 2.43 bits per heavy atom. The van der Waals surface area contributed by atoms with Crippen molar-refractivity contribution in [3.63, 3.8) is 0 Å². The maximum Gasteiger partial charge on any atom is 0.258 e. The van der Waals surface area contributed by atoms with Crippen molar-refractivity contribution in [1.29, 1.82) is 0 Å². The summed E-state index contributed by atoms with van der Waals surface area (Å²) in [6, 6.07) is 7.10. The number of benzene rings is 1. The molecule has 0 radical (unpaired) electrons. The van der Waals surface area contributed by atoms with Gasteiger partial charge in [-0.2, -0.15) is 0 Å². The van der Waals surface area contributed by atoms with Crippen molar-refractivity contribution < 1.29 is 4.79 Å². The van der Waals surface area contributed by atoms with E-state index >= 15 is 0 Å². The lowest BCUT2D eigenvalue weighted by molar-refractivity contribution is 0.102. The molecule has 0 spiro atoms. The van der Waals surface area contributed by atoms with E-state index in [1.807, 2.05) is 12.1 Å². The summed E-state index contributed by atoms with van der Waals surface area (Å²) >= 11 is 6.04. The number of nitrogens with one attached hydrogen (secondary N) is 1. The van der Waals surface area contributed by atoms with Gasteiger partial charge in [-0.05, 0) is 19.2 Å². The third-order valence-corrected chi connectivity index (χ3v) is 4.14. The number of nitrogens with zero attached hydrogens (tertiary/aromatic N) is 4. The van der Waals surface area contributed by atoms with Gasteiger partial charge >= 0.3 is 0 Å². The first-order valence-electron chi connectivity index (χ1n) is 7.45. The molecule has 1 aromatic carbocycles. The zero-order valence-electron chi connectivity index (χ0n) is 12.9. The molecule has 1 aromatic heterocycles. The zero-order chi connectivity index (χ0) is 16.2. The molecular formula is C16H18ClN5O. The number of hydrogen-bond donors (Lipinski definition) is 1. The number of carbonyl (C=O) groups excluding carboxylic acids is 1. The van der Waals surface area contributed by atoms with E-state index in [1.165, 1.54) is 0 Å². The molecule has 1 amide bonds. The summed E-state index contributed by atoms with van der Waals surface area (Å²) in [6.07, 6.45) is 3.10. The van der Waals surface area contributed by atoms with E-state index in [9.17, 15) is 4.79 Å². The standard InChI is InChI=1S/C16H18ClN5O/c1-21-6-8-22(9-7-21)16-18-10-12(11-19-16)15(23)20-14-5-3-2-4-13(14)17/h2-5,10-11H,6-9H2,1H3,(H,20,23). The maximum atomic E-state index is 12.2. The molecule has 120 valence electrons. The van der Waals surface area contributed by atoms with Crippen LogP contribution in [0.15, 0.2) is 36.7 Å².